The topological polar surface area (TPSA) is 129 Å². The maximum atomic E-state index is 12.7. The molecule has 0 bridgehead atoms. The molecule has 4 N–H and O–H groups in total. The quantitative estimate of drug-likeness (QED) is 0.238. The van der Waals surface area contributed by atoms with Crippen LogP contribution in [0.3, 0.4) is 0 Å². The van der Waals surface area contributed by atoms with Crippen molar-refractivity contribution >= 4 is 40.6 Å². The third-order valence-corrected chi connectivity index (χ3v) is 5.06. The lowest BCUT2D eigenvalue weighted by Crippen LogP contribution is -2.32. The third kappa shape index (κ3) is 4.15. The Labute approximate surface area is 165 Å². The van der Waals surface area contributed by atoms with Gasteiger partial charge in [-0.05, 0) is 42.3 Å². The molecular weight excluding hydrogens is 380 g/mol. The molecule has 1 atom stereocenters. The largest absolute Gasteiger partial charge is 0.504 e. The van der Waals surface area contributed by atoms with E-state index in [1.165, 1.54) is 29.3 Å². The number of anilines is 1. The average Bonchev–Trinajstić information content (AvgIpc) is 2.92. The number of phenolic OH excluding ortho intramolecular Hbond substituents is 2. The van der Waals surface area contributed by atoms with Crippen LogP contribution in [-0.2, 0) is 9.59 Å². The maximum absolute atomic E-state index is 12.7. The predicted octanol–water partition coefficient (Wildman–Crippen LogP) is 2.12. The van der Waals surface area contributed by atoms with Gasteiger partial charge < -0.3 is 15.9 Å². The average molecular weight is 398 g/mol. The highest BCUT2D eigenvalue weighted by Gasteiger charge is 2.41. The van der Waals surface area contributed by atoms with E-state index in [0.29, 0.717) is 11.3 Å². The molecule has 2 aromatic rings. The highest BCUT2D eigenvalue weighted by Crippen LogP contribution is 2.31. The van der Waals surface area contributed by atoms with Crippen molar-refractivity contribution in [2.45, 2.75) is 18.6 Å². The SMILES string of the molecule is Cc1ccccc1N1C(=O)CC(SC(N)=N/N=C/c2ccc(O)c(O)c2)C1=O. The molecular formula is C19H18N4O4S. The fraction of sp³-hybridized carbons (Fsp3) is 0.158. The smallest absolute Gasteiger partial charge is 0.247 e. The van der Waals surface area contributed by atoms with Gasteiger partial charge in [-0.2, -0.15) is 5.10 Å². The molecule has 1 unspecified atom stereocenters. The van der Waals surface area contributed by atoms with E-state index in [4.69, 9.17) is 5.73 Å². The van der Waals surface area contributed by atoms with Crippen molar-refractivity contribution in [2.24, 2.45) is 15.9 Å². The Morgan fingerprint density at radius 3 is 2.68 bits per heavy atom. The van der Waals surface area contributed by atoms with E-state index < -0.39 is 5.25 Å². The van der Waals surface area contributed by atoms with Crippen LogP contribution in [0.25, 0.3) is 0 Å². The van der Waals surface area contributed by atoms with E-state index in [1.807, 2.05) is 19.1 Å². The lowest BCUT2D eigenvalue weighted by Gasteiger charge is -2.16. The first-order chi connectivity index (χ1) is 13.4. The van der Waals surface area contributed by atoms with Gasteiger partial charge >= 0.3 is 0 Å². The first-order valence-electron chi connectivity index (χ1n) is 8.34. The fourth-order valence-electron chi connectivity index (χ4n) is 2.71. The number of carbonyl (C=O) groups excluding carboxylic acids is 2. The van der Waals surface area contributed by atoms with Crippen molar-refractivity contribution in [1.82, 2.24) is 0 Å². The molecule has 1 heterocycles. The summed E-state index contributed by atoms with van der Waals surface area (Å²) in [5, 5.41) is 25.7. The summed E-state index contributed by atoms with van der Waals surface area (Å²) in [5.41, 5.74) is 7.73. The van der Waals surface area contributed by atoms with Gasteiger partial charge in [0.15, 0.2) is 16.7 Å². The molecule has 0 radical (unpaired) electrons. The Balaban J connectivity index is 1.68. The summed E-state index contributed by atoms with van der Waals surface area (Å²) in [6, 6.07) is 11.4. The molecule has 28 heavy (non-hydrogen) atoms. The Morgan fingerprint density at radius 2 is 1.96 bits per heavy atom. The summed E-state index contributed by atoms with van der Waals surface area (Å²) in [5.74, 6) is -1.14. The summed E-state index contributed by atoms with van der Waals surface area (Å²) in [6.45, 7) is 1.84. The van der Waals surface area contributed by atoms with E-state index in [2.05, 4.69) is 10.2 Å². The van der Waals surface area contributed by atoms with Gasteiger partial charge in [-0.1, -0.05) is 30.0 Å². The van der Waals surface area contributed by atoms with Gasteiger partial charge in [0, 0.05) is 6.42 Å². The molecule has 3 rings (SSSR count). The van der Waals surface area contributed by atoms with Gasteiger partial charge in [-0.25, -0.2) is 4.90 Å². The molecule has 2 amide bonds. The zero-order valence-corrected chi connectivity index (χ0v) is 15.8. The van der Waals surface area contributed by atoms with E-state index in [0.717, 1.165) is 17.3 Å². The van der Waals surface area contributed by atoms with Crippen LogP contribution < -0.4 is 10.6 Å². The van der Waals surface area contributed by atoms with Crippen molar-refractivity contribution in [2.75, 3.05) is 4.90 Å². The second-order valence-corrected chi connectivity index (χ2v) is 7.32. The number of aryl methyl sites for hydroxylation is 1. The van der Waals surface area contributed by atoms with Gasteiger partial charge in [0.05, 0.1) is 11.9 Å². The number of para-hydroxylation sites is 1. The molecule has 8 nitrogen and oxygen atoms in total. The van der Waals surface area contributed by atoms with Crippen LogP contribution in [0.1, 0.15) is 17.5 Å². The number of aromatic hydroxyl groups is 2. The molecule has 1 fully saturated rings. The number of thioether (sulfide) groups is 1. The number of nitrogens with two attached hydrogens (primary N) is 1. The van der Waals surface area contributed by atoms with Crippen molar-refractivity contribution in [1.29, 1.82) is 0 Å². The number of imide groups is 1. The monoisotopic (exact) mass is 398 g/mol. The van der Waals surface area contributed by atoms with Crippen LogP contribution in [0.4, 0.5) is 5.69 Å². The van der Waals surface area contributed by atoms with Gasteiger partial charge in [-0.15, -0.1) is 5.10 Å². The Bertz CT molecular complexity index is 990. The number of carbonyl (C=O) groups is 2. The highest BCUT2D eigenvalue weighted by atomic mass is 32.2. The first kappa shape index (κ1) is 19.4. The summed E-state index contributed by atoms with van der Waals surface area (Å²) in [4.78, 5) is 26.2. The van der Waals surface area contributed by atoms with Crippen LogP contribution in [0.15, 0.2) is 52.7 Å². The van der Waals surface area contributed by atoms with Crippen molar-refractivity contribution in [3.8, 4) is 11.5 Å². The second kappa shape index (κ2) is 8.13. The number of amidine groups is 1. The summed E-state index contributed by atoms with van der Waals surface area (Å²) in [7, 11) is 0. The predicted molar refractivity (Wildman–Crippen MR) is 109 cm³/mol. The standard InChI is InChI=1S/C19H18N4O4S/c1-11-4-2-3-5-13(11)23-17(26)9-16(18(23)27)28-19(20)22-21-10-12-6-7-14(24)15(25)8-12/h2-8,10,16,24-25H,9H2,1H3,(H2,20,22)/b21-10+. The van der Waals surface area contributed by atoms with Crippen molar-refractivity contribution in [3.63, 3.8) is 0 Å². The summed E-state index contributed by atoms with van der Waals surface area (Å²) >= 11 is 0.977. The number of rotatable bonds is 4. The lowest BCUT2D eigenvalue weighted by atomic mass is 10.2. The molecule has 0 saturated carbocycles. The molecule has 0 spiro atoms. The van der Waals surface area contributed by atoms with Gasteiger partial charge in [-0.3, -0.25) is 9.59 Å². The number of hydrogen-bond donors (Lipinski definition) is 3. The van der Waals surface area contributed by atoms with Crippen LogP contribution in [0.5, 0.6) is 11.5 Å². The van der Waals surface area contributed by atoms with E-state index in [1.54, 1.807) is 12.1 Å². The van der Waals surface area contributed by atoms with Gasteiger partial charge in [0.25, 0.3) is 0 Å². The Hall–Kier alpha value is -3.33. The number of phenols is 2. The minimum atomic E-state index is -0.663. The van der Waals surface area contributed by atoms with Gasteiger partial charge in [0.1, 0.15) is 5.25 Å². The molecule has 0 aromatic heterocycles. The van der Waals surface area contributed by atoms with E-state index in [9.17, 15) is 19.8 Å². The van der Waals surface area contributed by atoms with Crippen LogP contribution in [0, 0.1) is 6.92 Å². The second-order valence-electron chi connectivity index (χ2n) is 6.10. The zero-order chi connectivity index (χ0) is 20.3. The molecule has 0 aliphatic carbocycles. The molecule has 144 valence electrons. The Morgan fingerprint density at radius 1 is 1.21 bits per heavy atom. The number of amides is 2. The molecule has 1 aliphatic rings. The van der Waals surface area contributed by atoms with Gasteiger partial charge in [0.2, 0.25) is 11.8 Å². The van der Waals surface area contributed by atoms with Crippen LogP contribution in [0.2, 0.25) is 0 Å². The van der Waals surface area contributed by atoms with E-state index >= 15 is 0 Å². The zero-order valence-electron chi connectivity index (χ0n) is 14.9. The van der Waals surface area contributed by atoms with Crippen molar-refractivity contribution in [3.05, 3.63) is 53.6 Å². The number of nitrogens with zero attached hydrogens (tertiary/aromatic N) is 3. The summed E-state index contributed by atoms with van der Waals surface area (Å²) in [6.07, 6.45) is 1.37. The van der Waals surface area contributed by atoms with Crippen LogP contribution in [-0.4, -0.2) is 38.7 Å². The highest BCUT2D eigenvalue weighted by molar-refractivity contribution is 8.14. The number of benzene rings is 2. The summed E-state index contributed by atoms with van der Waals surface area (Å²) < 4.78 is 0. The maximum Gasteiger partial charge on any atom is 0.247 e. The third-order valence-electron chi connectivity index (χ3n) is 4.09. The normalized spacial score (nSPS) is 17.7. The molecule has 1 saturated heterocycles. The van der Waals surface area contributed by atoms with Crippen molar-refractivity contribution < 1.29 is 19.8 Å². The molecule has 1 aliphatic heterocycles. The minimum absolute atomic E-state index is 0.0314. The Kier molecular flexibility index (Phi) is 5.65. The molecule has 9 heteroatoms. The van der Waals surface area contributed by atoms with Crippen LogP contribution >= 0.6 is 11.8 Å². The van der Waals surface area contributed by atoms with E-state index in [-0.39, 0.29) is 34.9 Å². The fourth-order valence-corrected chi connectivity index (χ4v) is 3.52. The lowest BCUT2D eigenvalue weighted by molar-refractivity contribution is -0.121. The first-order valence-corrected chi connectivity index (χ1v) is 9.22. The molecule has 2 aromatic carbocycles. The number of hydrogen-bond acceptors (Lipinski definition) is 7. The minimum Gasteiger partial charge on any atom is -0.504 e.